The van der Waals surface area contributed by atoms with Crippen LogP contribution in [0.5, 0.6) is 0 Å². The Kier molecular flexibility index (Phi) is 4.96. The van der Waals surface area contributed by atoms with Crippen molar-refractivity contribution >= 4 is 49.0 Å². The van der Waals surface area contributed by atoms with Crippen LogP contribution in [0, 0.1) is 13.8 Å². The molecule has 0 saturated heterocycles. The van der Waals surface area contributed by atoms with E-state index in [-0.39, 0.29) is 10.8 Å². The van der Waals surface area contributed by atoms with Gasteiger partial charge in [-0.25, -0.2) is 19.5 Å². The lowest BCUT2D eigenvalue weighted by Gasteiger charge is -2.23. The molecule has 7 aromatic rings. The minimum atomic E-state index is -0.194. The van der Waals surface area contributed by atoms with Gasteiger partial charge < -0.3 is 4.40 Å². The summed E-state index contributed by atoms with van der Waals surface area (Å²) in [5.74, 6) is 2.38. The fourth-order valence-corrected chi connectivity index (χ4v) is 6.13. The largest absolute Gasteiger partial charge is 0.307 e. The van der Waals surface area contributed by atoms with E-state index in [4.69, 9.17) is 15.0 Å². The second-order valence-electron chi connectivity index (χ2n) is 13.6. The first-order chi connectivity index (χ1) is 18.8. The minimum absolute atomic E-state index is 0.194. The molecular weight excluding hydrogens is 490 g/mol. The quantitative estimate of drug-likeness (QED) is 0.124. The number of pyridine rings is 2. The van der Waals surface area contributed by atoms with Crippen LogP contribution >= 0.6 is 0 Å². The van der Waals surface area contributed by atoms with Crippen LogP contribution in [0.25, 0.3) is 60.4 Å². The van der Waals surface area contributed by atoms with Crippen LogP contribution in [-0.4, -0.2) is 19.4 Å². The molecule has 0 spiro atoms. The van der Waals surface area contributed by atoms with Gasteiger partial charge in [0.1, 0.15) is 18.7 Å². The number of aryl methyl sites for hydroxylation is 3. The van der Waals surface area contributed by atoms with Crippen LogP contribution in [0.15, 0.2) is 54.7 Å². The van der Waals surface area contributed by atoms with Crippen LogP contribution in [-0.2, 0) is 17.9 Å². The topological polar surface area (TPSA) is 47.0 Å². The lowest BCUT2D eigenvalue weighted by Crippen LogP contribution is -2.29. The predicted octanol–water partition coefficient (Wildman–Crippen LogP) is 7.88. The van der Waals surface area contributed by atoms with Crippen LogP contribution in [0.1, 0.15) is 64.3 Å². The van der Waals surface area contributed by atoms with E-state index in [1.165, 1.54) is 60.1 Å². The highest BCUT2D eigenvalue weighted by Crippen LogP contribution is 2.42. The molecule has 4 heterocycles. The summed E-state index contributed by atoms with van der Waals surface area (Å²) in [6.45, 7) is 17.4. The maximum absolute atomic E-state index is 5.06. The second kappa shape index (κ2) is 7.97. The van der Waals surface area contributed by atoms with E-state index in [0.29, 0.717) is 0 Å². The first kappa shape index (κ1) is 24.9. The summed E-state index contributed by atoms with van der Waals surface area (Å²) in [5.41, 5.74) is 8.11. The predicted molar refractivity (Wildman–Crippen MR) is 165 cm³/mol. The molecule has 40 heavy (non-hydrogen) atoms. The van der Waals surface area contributed by atoms with Gasteiger partial charge in [-0.1, -0.05) is 65.8 Å². The van der Waals surface area contributed by atoms with Crippen LogP contribution in [0.4, 0.5) is 0 Å². The van der Waals surface area contributed by atoms with Gasteiger partial charge >= 0.3 is 0 Å². The SMILES string of the molecule is Cc1ccc2c3ccc(C)c4c3n(c2c1)c1cc(-c2nc(C(C)(C)C)nc(C(C)(C)C)n2)cc2cc[n+](C)c4c21. The van der Waals surface area contributed by atoms with E-state index in [9.17, 15) is 0 Å². The zero-order valence-corrected chi connectivity index (χ0v) is 24.9. The molecule has 0 bridgehead atoms. The van der Waals surface area contributed by atoms with Crippen molar-refractivity contribution in [1.82, 2.24) is 19.4 Å². The highest BCUT2D eigenvalue weighted by molar-refractivity contribution is 6.26. The molecule has 0 N–H and O–H groups in total. The van der Waals surface area contributed by atoms with Crippen molar-refractivity contribution in [3.8, 4) is 11.4 Å². The third-order valence-corrected chi connectivity index (χ3v) is 8.22. The molecule has 7 rings (SSSR count). The number of benzene rings is 3. The zero-order valence-electron chi connectivity index (χ0n) is 24.9. The highest BCUT2D eigenvalue weighted by Gasteiger charge is 2.28. The molecule has 0 aliphatic carbocycles. The standard InChI is InChI=1S/C35H36N5/c1-19-10-12-23-24-13-11-20(2)27-29(24)40(25(23)16-19)26-18-22(17-21-14-15-39(9)30(27)28(21)26)31-36-32(34(3,4)5)38-33(37-31)35(6,7)8/h10-18H,1-9H3/q+1. The van der Waals surface area contributed by atoms with Crippen molar-refractivity contribution < 1.29 is 4.57 Å². The Bertz CT molecular complexity index is 2120. The average Bonchev–Trinajstić information content (AvgIpc) is 3.21. The smallest absolute Gasteiger partial charge is 0.224 e. The number of nitrogens with zero attached hydrogens (tertiary/aromatic N) is 5. The molecule has 200 valence electrons. The summed E-state index contributed by atoms with van der Waals surface area (Å²) in [7, 11) is 2.16. The maximum atomic E-state index is 5.06. The van der Waals surface area contributed by atoms with E-state index in [2.05, 4.69) is 126 Å². The first-order valence-electron chi connectivity index (χ1n) is 14.1. The van der Waals surface area contributed by atoms with Crippen molar-refractivity contribution in [3.63, 3.8) is 0 Å². The van der Waals surface area contributed by atoms with Gasteiger partial charge in [-0.3, -0.25) is 0 Å². The van der Waals surface area contributed by atoms with Crippen molar-refractivity contribution in [1.29, 1.82) is 0 Å². The number of fused-ring (bicyclic) bond motifs is 5. The van der Waals surface area contributed by atoms with Crippen LogP contribution < -0.4 is 4.57 Å². The number of rotatable bonds is 1. The average molecular weight is 527 g/mol. The highest BCUT2D eigenvalue weighted by atomic mass is 15.1. The molecule has 0 aliphatic rings. The summed E-state index contributed by atoms with van der Waals surface area (Å²) in [5, 5.41) is 6.32. The first-order valence-corrected chi connectivity index (χ1v) is 14.1. The van der Waals surface area contributed by atoms with Crippen molar-refractivity contribution in [3.05, 3.63) is 77.5 Å². The van der Waals surface area contributed by atoms with Gasteiger partial charge in [-0.15, -0.1) is 0 Å². The van der Waals surface area contributed by atoms with E-state index in [1.807, 2.05) is 0 Å². The number of aromatic nitrogens is 5. The lowest BCUT2D eigenvalue weighted by molar-refractivity contribution is -0.643. The Morgan fingerprint density at radius 1 is 0.700 bits per heavy atom. The van der Waals surface area contributed by atoms with Crippen LogP contribution in [0.2, 0.25) is 0 Å². The molecule has 4 aromatic heterocycles. The molecule has 0 radical (unpaired) electrons. The van der Waals surface area contributed by atoms with Gasteiger partial charge in [-0.05, 0) is 48.6 Å². The fourth-order valence-electron chi connectivity index (χ4n) is 6.13. The van der Waals surface area contributed by atoms with E-state index in [1.54, 1.807) is 0 Å². The number of hydrogen-bond donors (Lipinski definition) is 0. The van der Waals surface area contributed by atoms with Gasteiger partial charge in [0, 0.05) is 33.2 Å². The summed E-state index contributed by atoms with van der Waals surface area (Å²) in [6.07, 6.45) is 2.18. The second-order valence-corrected chi connectivity index (χ2v) is 13.6. The molecule has 0 aliphatic heterocycles. The molecule has 0 atom stereocenters. The maximum Gasteiger partial charge on any atom is 0.224 e. The Labute approximate surface area is 234 Å². The Morgan fingerprint density at radius 2 is 1.38 bits per heavy atom. The van der Waals surface area contributed by atoms with Gasteiger partial charge in [0.25, 0.3) is 0 Å². The molecule has 0 saturated carbocycles. The minimum Gasteiger partial charge on any atom is -0.307 e. The van der Waals surface area contributed by atoms with Crippen molar-refractivity contribution in [2.24, 2.45) is 7.05 Å². The molecule has 0 amide bonds. The molecule has 0 fully saturated rings. The fraction of sp³-hybridized carbons (Fsp3) is 0.314. The zero-order chi connectivity index (χ0) is 28.3. The monoisotopic (exact) mass is 526 g/mol. The molecule has 3 aromatic carbocycles. The summed E-state index contributed by atoms with van der Waals surface area (Å²) < 4.78 is 4.76. The molecule has 5 heteroatoms. The van der Waals surface area contributed by atoms with E-state index in [0.717, 1.165) is 23.0 Å². The third-order valence-electron chi connectivity index (χ3n) is 8.22. The Hall–Kier alpha value is -4.12. The molecule has 5 nitrogen and oxygen atoms in total. The van der Waals surface area contributed by atoms with Crippen molar-refractivity contribution in [2.45, 2.75) is 66.2 Å². The van der Waals surface area contributed by atoms with E-state index < -0.39 is 0 Å². The van der Waals surface area contributed by atoms with Gasteiger partial charge in [-0.2, -0.15) is 0 Å². The molecule has 0 unspecified atom stereocenters. The lowest BCUT2D eigenvalue weighted by atomic mass is 9.92. The third kappa shape index (κ3) is 3.46. The molecular formula is C35H36N5+. The van der Waals surface area contributed by atoms with Gasteiger partial charge in [0.05, 0.1) is 27.3 Å². The normalized spacial score (nSPS) is 13.1. The summed E-state index contributed by atoms with van der Waals surface area (Å²) in [4.78, 5) is 15.1. The van der Waals surface area contributed by atoms with Crippen LogP contribution in [0.3, 0.4) is 0 Å². The summed E-state index contributed by atoms with van der Waals surface area (Å²) >= 11 is 0. The Balaban J connectivity index is 1.71. The van der Waals surface area contributed by atoms with E-state index >= 15 is 0 Å². The summed E-state index contributed by atoms with van der Waals surface area (Å²) in [6, 6.07) is 18.1. The van der Waals surface area contributed by atoms with Gasteiger partial charge in [0.2, 0.25) is 5.52 Å². The Morgan fingerprint density at radius 3 is 2.05 bits per heavy atom. The number of hydrogen-bond acceptors (Lipinski definition) is 3. The van der Waals surface area contributed by atoms with Crippen molar-refractivity contribution in [2.75, 3.05) is 0 Å². The van der Waals surface area contributed by atoms with Gasteiger partial charge in [0.15, 0.2) is 12.0 Å².